The largest absolute Gasteiger partial charge is 0.493 e. The Kier molecular flexibility index (Phi) is 6.85. The lowest BCUT2D eigenvalue weighted by Gasteiger charge is -2.11. The Balaban J connectivity index is 1.60. The number of benzene rings is 2. The highest BCUT2D eigenvalue weighted by Gasteiger charge is 2.12. The van der Waals surface area contributed by atoms with E-state index >= 15 is 0 Å². The first-order valence-electron chi connectivity index (χ1n) is 9.28. The molecule has 0 aliphatic rings. The number of esters is 1. The summed E-state index contributed by atoms with van der Waals surface area (Å²) in [6.07, 6.45) is 2.91. The van der Waals surface area contributed by atoms with Crippen LogP contribution < -0.4 is 9.47 Å². The van der Waals surface area contributed by atoms with Gasteiger partial charge in [-0.15, -0.1) is 0 Å². The van der Waals surface area contributed by atoms with E-state index in [1.807, 2.05) is 13.8 Å². The number of ether oxygens (including phenoxy) is 3. The van der Waals surface area contributed by atoms with Crippen molar-refractivity contribution in [2.24, 2.45) is 0 Å². The number of rotatable bonds is 8. The zero-order valence-corrected chi connectivity index (χ0v) is 17.0. The van der Waals surface area contributed by atoms with Crippen molar-refractivity contribution < 1.29 is 27.9 Å². The Morgan fingerprint density at radius 3 is 2.67 bits per heavy atom. The number of hydrogen-bond donors (Lipinski definition) is 0. The minimum Gasteiger partial charge on any atom is -0.493 e. The smallest absolute Gasteiger partial charge is 0.331 e. The Bertz CT molecular complexity index is 1040. The average Bonchev–Trinajstić information content (AvgIpc) is 3.07. The molecule has 0 unspecified atom stereocenters. The number of carbonyl (C=O) groups excluding carboxylic acids is 1. The highest BCUT2D eigenvalue weighted by Crippen LogP contribution is 2.30. The van der Waals surface area contributed by atoms with Crippen molar-refractivity contribution in [2.45, 2.75) is 27.1 Å². The van der Waals surface area contributed by atoms with Crippen molar-refractivity contribution in [3.05, 3.63) is 82.5 Å². The van der Waals surface area contributed by atoms with Crippen molar-refractivity contribution in [3.8, 4) is 11.5 Å². The van der Waals surface area contributed by atoms with E-state index in [4.69, 9.17) is 18.7 Å². The molecule has 0 amide bonds. The molecule has 1 heterocycles. The second-order valence-corrected chi connectivity index (χ2v) is 6.57. The number of aryl methyl sites for hydroxylation is 2. The molecule has 1 aromatic heterocycles. The van der Waals surface area contributed by atoms with Gasteiger partial charge in [0.1, 0.15) is 24.8 Å². The van der Waals surface area contributed by atoms with Gasteiger partial charge in [-0.1, -0.05) is 23.4 Å². The van der Waals surface area contributed by atoms with Crippen LogP contribution in [0.1, 0.15) is 28.1 Å². The van der Waals surface area contributed by atoms with E-state index in [9.17, 15) is 9.18 Å². The fraction of sp³-hybridized carbons (Fsp3) is 0.217. The Hall–Kier alpha value is -3.61. The van der Waals surface area contributed by atoms with Crippen LogP contribution in [0.2, 0.25) is 0 Å². The van der Waals surface area contributed by atoms with Gasteiger partial charge in [0.05, 0.1) is 18.4 Å². The van der Waals surface area contributed by atoms with E-state index in [2.05, 4.69) is 5.16 Å². The second kappa shape index (κ2) is 9.73. The summed E-state index contributed by atoms with van der Waals surface area (Å²) in [5, 5.41) is 3.91. The fourth-order valence-electron chi connectivity index (χ4n) is 2.76. The standard InChI is InChI=1S/C23H22FNO5/c1-15-20(16(2)30-25-15)14-28-21-9-7-17(12-22(21)27-3)8-10-23(26)29-13-18-5-4-6-19(24)11-18/h4-12H,13-14H2,1-3H3/b10-8+. The molecule has 0 atom stereocenters. The normalized spacial score (nSPS) is 10.9. The molecule has 0 saturated carbocycles. The minimum absolute atomic E-state index is 0.00126. The molecule has 6 nitrogen and oxygen atoms in total. The zero-order valence-electron chi connectivity index (χ0n) is 17.0. The summed E-state index contributed by atoms with van der Waals surface area (Å²) in [7, 11) is 1.54. The number of hydrogen-bond acceptors (Lipinski definition) is 6. The second-order valence-electron chi connectivity index (χ2n) is 6.57. The van der Waals surface area contributed by atoms with Crippen LogP contribution in [0.15, 0.2) is 53.1 Å². The monoisotopic (exact) mass is 411 g/mol. The number of methoxy groups -OCH3 is 1. The summed E-state index contributed by atoms with van der Waals surface area (Å²) in [4.78, 5) is 11.9. The lowest BCUT2D eigenvalue weighted by Crippen LogP contribution is -2.01. The number of aromatic nitrogens is 1. The summed E-state index contributed by atoms with van der Waals surface area (Å²) in [5.41, 5.74) is 2.99. The molecular formula is C23H22FNO5. The maximum Gasteiger partial charge on any atom is 0.331 e. The third kappa shape index (κ3) is 5.47. The van der Waals surface area contributed by atoms with Crippen molar-refractivity contribution in [1.29, 1.82) is 0 Å². The third-order valence-corrected chi connectivity index (χ3v) is 4.42. The van der Waals surface area contributed by atoms with Crippen LogP contribution in [0.25, 0.3) is 6.08 Å². The molecule has 0 aliphatic heterocycles. The van der Waals surface area contributed by atoms with Gasteiger partial charge in [0.25, 0.3) is 0 Å². The zero-order chi connectivity index (χ0) is 21.5. The summed E-state index contributed by atoms with van der Waals surface area (Å²) in [6, 6.07) is 11.2. The molecule has 0 bridgehead atoms. The molecule has 0 aliphatic carbocycles. The first-order valence-corrected chi connectivity index (χ1v) is 9.28. The van der Waals surface area contributed by atoms with Gasteiger partial charge in [-0.25, -0.2) is 9.18 Å². The van der Waals surface area contributed by atoms with E-state index in [0.717, 1.165) is 16.8 Å². The van der Waals surface area contributed by atoms with Gasteiger partial charge in [-0.05, 0) is 55.3 Å². The molecule has 0 saturated heterocycles. The third-order valence-electron chi connectivity index (χ3n) is 4.42. The summed E-state index contributed by atoms with van der Waals surface area (Å²) in [5.74, 6) is 0.892. The van der Waals surface area contributed by atoms with Crippen molar-refractivity contribution >= 4 is 12.0 Å². The van der Waals surface area contributed by atoms with Crippen molar-refractivity contribution in [2.75, 3.05) is 7.11 Å². The van der Waals surface area contributed by atoms with Gasteiger partial charge in [-0.3, -0.25) is 0 Å². The van der Waals surface area contributed by atoms with Crippen LogP contribution in [0.4, 0.5) is 4.39 Å². The Morgan fingerprint density at radius 2 is 1.97 bits per heavy atom. The van der Waals surface area contributed by atoms with Crippen LogP contribution in [0, 0.1) is 19.7 Å². The first-order chi connectivity index (χ1) is 14.5. The maximum atomic E-state index is 13.2. The van der Waals surface area contributed by atoms with Crippen LogP contribution in [-0.2, 0) is 22.7 Å². The Morgan fingerprint density at radius 1 is 1.13 bits per heavy atom. The van der Waals surface area contributed by atoms with E-state index in [-0.39, 0.29) is 12.4 Å². The molecule has 0 fully saturated rings. The molecule has 0 radical (unpaired) electrons. The summed E-state index contributed by atoms with van der Waals surface area (Å²) < 4.78 is 34.6. The van der Waals surface area contributed by atoms with E-state index in [1.165, 1.54) is 18.2 Å². The number of halogens is 1. The van der Waals surface area contributed by atoms with Crippen molar-refractivity contribution in [1.82, 2.24) is 5.16 Å². The highest BCUT2D eigenvalue weighted by molar-refractivity contribution is 5.87. The van der Waals surface area contributed by atoms with Crippen LogP contribution in [0.5, 0.6) is 11.5 Å². The van der Waals surface area contributed by atoms with Crippen LogP contribution >= 0.6 is 0 Å². The molecule has 156 valence electrons. The van der Waals surface area contributed by atoms with Gasteiger partial charge in [-0.2, -0.15) is 0 Å². The van der Waals surface area contributed by atoms with Gasteiger partial charge in [0.2, 0.25) is 0 Å². The van der Waals surface area contributed by atoms with Crippen LogP contribution in [0.3, 0.4) is 0 Å². The molecule has 0 N–H and O–H groups in total. The highest BCUT2D eigenvalue weighted by atomic mass is 19.1. The van der Waals surface area contributed by atoms with Gasteiger partial charge in [0.15, 0.2) is 11.5 Å². The molecule has 3 rings (SSSR count). The summed E-state index contributed by atoms with van der Waals surface area (Å²) >= 11 is 0. The lowest BCUT2D eigenvalue weighted by atomic mass is 10.2. The van der Waals surface area contributed by atoms with Crippen molar-refractivity contribution in [3.63, 3.8) is 0 Å². The van der Waals surface area contributed by atoms with Gasteiger partial charge in [0, 0.05) is 6.08 Å². The first kappa shape index (κ1) is 21.1. The quantitative estimate of drug-likeness (QED) is 0.393. The number of nitrogens with zero attached hydrogens (tertiary/aromatic N) is 1. The van der Waals surface area contributed by atoms with Gasteiger partial charge < -0.3 is 18.7 Å². The summed E-state index contributed by atoms with van der Waals surface area (Å²) in [6.45, 7) is 3.99. The fourth-order valence-corrected chi connectivity index (χ4v) is 2.76. The maximum absolute atomic E-state index is 13.2. The molecular weight excluding hydrogens is 389 g/mol. The predicted octanol–water partition coefficient (Wildman–Crippen LogP) is 4.77. The molecule has 0 spiro atoms. The lowest BCUT2D eigenvalue weighted by molar-refractivity contribution is -0.138. The van der Waals surface area contributed by atoms with E-state index < -0.39 is 5.97 Å². The van der Waals surface area contributed by atoms with Crippen LogP contribution in [-0.4, -0.2) is 18.2 Å². The topological polar surface area (TPSA) is 70.8 Å². The van der Waals surface area contributed by atoms with Gasteiger partial charge >= 0.3 is 5.97 Å². The molecule has 2 aromatic carbocycles. The average molecular weight is 411 g/mol. The van der Waals surface area contributed by atoms with E-state index in [0.29, 0.717) is 29.4 Å². The van der Waals surface area contributed by atoms with E-state index in [1.54, 1.807) is 43.5 Å². The molecule has 7 heteroatoms. The predicted molar refractivity (Wildman–Crippen MR) is 109 cm³/mol. The Labute approximate surface area is 173 Å². The molecule has 30 heavy (non-hydrogen) atoms. The molecule has 3 aromatic rings. The minimum atomic E-state index is -0.531. The SMILES string of the molecule is COc1cc(/C=C/C(=O)OCc2cccc(F)c2)ccc1OCc1c(C)noc1C. The number of carbonyl (C=O) groups is 1.